The average Bonchev–Trinajstić information content (AvgIpc) is 2.94. The van der Waals surface area contributed by atoms with Gasteiger partial charge in [0.05, 0.1) is 22.8 Å². The standard InChI is InChI=1S/C28H33Cl2N3O12S.Na/c1-14(34)43-12-16-13-46(41,42)24-20(23(36)33(24)21(16)25(37)38)32-22(35)19(45-26(39)28(2,3)4)6-5-9-31-27(40)44-11-15-7-8-17(29)10-18(15)30;/h7-8,10,19-20,24H,5-6,9,11-13H2,1-4H3,(H,31,40)(H,32,35)(H,37,38);/q;+1/p-1/t19-,20-,24-;/m0./s1. The maximum absolute atomic E-state index is 13.3. The molecule has 252 valence electrons. The molecule has 2 heterocycles. The molecule has 1 saturated heterocycles. The third kappa shape index (κ3) is 10.3. The van der Waals surface area contributed by atoms with E-state index in [9.17, 15) is 42.3 Å². The molecule has 47 heavy (non-hydrogen) atoms. The first kappa shape index (κ1) is 40.3. The first-order chi connectivity index (χ1) is 21.3. The molecule has 0 unspecified atom stereocenters. The number of hydrogen-bond donors (Lipinski definition) is 2. The summed E-state index contributed by atoms with van der Waals surface area (Å²) in [7, 11) is -4.28. The van der Waals surface area contributed by atoms with Gasteiger partial charge in [0.25, 0.3) is 11.8 Å². The third-order valence-electron chi connectivity index (χ3n) is 6.74. The number of rotatable bonds is 12. The Hall–Kier alpha value is -2.89. The van der Waals surface area contributed by atoms with E-state index in [4.69, 9.17) is 37.4 Å². The predicted octanol–water partition coefficient (Wildman–Crippen LogP) is -2.39. The van der Waals surface area contributed by atoms with Crippen LogP contribution in [0.4, 0.5) is 4.79 Å². The second kappa shape index (κ2) is 16.5. The first-order valence-electron chi connectivity index (χ1n) is 13.8. The quantitative estimate of drug-likeness (QED) is 0.0759. The summed E-state index contributed by atoms with van der Waals surface area (Å²) in [5.41, 5.74) is -1.67. The summed E-state index contributed by atoms with van der Waals surface area (Å²) >= 11 is 11.9. The minimum atomic E-state index is -4.28. The van der Waals surface area contributed by atoms with Crippen molar-refractivity contribution in [1.82, 2.24) is 15.5 Å². The Morgan fingerprint density at radius 1 is 1.11 bits per heavy atom. The largest absolute Gasteiger partial charge is 1.00 e. The molecule has 0 bridgehead atoms. The predicted molar refractivity (Wildman–Crippen MR) is 158 cm³/mol. The van der Waals surface area contributed by atoms with E-state index in [0.717, 1.165) is 6.92 Å². The van der Waals surface area contributed by atoms with Crippen LogP contribution in [0.2, 0.25) is 10.0 Å². The smallest absolute Gasteiger partial charge is 0.543 e. The maximum atomic E-state index is 13.3. The van der Waals surface area contributed by atoms with E-state index in [-0.39, 0.29) is 61.1 Å². The number of halogens is 2. The number of esters is 2. The molecule has 0 radical (unpaired) electrons. The number of amides is 3. The number of hydrogen-bond acceptors (Lipinski definition) is 12. The van der Waals surface area contributed by atoms with Crippen LogP contribution in [0.25, 0.3) is 0 Å². The second-order valence-electron chi connectivity index (χ2n) is 11.4. The fraction of sp³-hybridized carbons (Fsp3) is 0.500. The van der Waals surface area contributed by atoms with Crippen LogP contribution in [0.15, 0.2) is 29.5 Å². The van der Waals surface area contributed by atoms with E-state index < -0.39 is 86.6 Å². The molecule has 0 aliphatic carbocycles. The summed E-state index contributed by atoms with van der Waals surface area (Å²) in [6.45, 7) is 4.78. The van der Waals surface area contributed by atoms with Crippen LogP contribution < -0.4 is 45.3 Å². The summed E-state index contributed by atoms with van der Waals surface area (Å²) in [4.78, 5) is 74.5. The molecule has 0 spiro atoms. The van der Waals surface area contributed by atoms with Gasteiger partial charge < -0.3 is 34.7 Å². The molecule has 2 N–H and O–H groups in total. The van der Waals surface area contributed by atoms with Crippen molar-refractivity contribution in [2.24, 2.45) is 5.41 Å². The van der Waals surface area contributed by atoms with Crippen molar-refractivity contribution in [1.29, 1.82) is 0 Å². The van der Waals surface area contributed by atoms with Gasteiger partial charge in [-0.1, -0.05) is 29.3 Å². The maximum Gasteiger partial charge on any atom is 1.00 e. The van der Waals surface area contributed by atoms with Crippen molar-refractivity contribution in [3.05, 3.63) is 45.1 Å². The Morgan fingerprint density at radius 3 is 2.34 bits per heavy atom. The monoisotopic (exact) mass is 727 g/mol. The van der Waals surface area contributed by atoms with Gasteiger partial charge in [0, 0.05) is 34.7 Å². The van der Waals surface area contributed by atoms with Crippen LogP contribution in [0.1, 0.15) is 46.1 Å². The van der Waals surface area contributed by atoms with E-state index in [1.54, 1.807) is 12.1 Å². The molecule has 2 aliphatic rings. The Morgan fingerprint density at radius 2 is 1.77 bits per heavy atom. The molecule has 3 rings (SSSR count). The molecule has 19 heteroatoms. The molecule has 15 nitrogen and oxygen atoms in total. The normalized spacial score (nSPS) is 18.9. The summed E-state index contributed by atoms with van der Waals surface area (Å²) in [5.74, 6) is -6.43. The molecule has 1 aromatic rings. The van der Waals surface area contributed by atoms with E-state index in [1.165, 1.54) is 26.8 Å². The summed E-state index contributed by atoms with van der Waals surface area (Å²) in [5, 5.41) is 15.5. The van der Waals surface area contributed by atoms with Crippen molar-refractivity contribution in [2.75, 3.05) is 18.9 Å². The van der Waals surface area contributed by atoms with Crippen molar-refractivity contribution in [3.63, 3.8) is 0 Å². The van der Waals surface area contributed by atoms with E-state index in [0.29, 0.717) is 20.5 Å². The van der Waals surface area contributed by atoms with Gasteiger partial charge in [0.15, 0.2) is 21.3 Å². The SMILES string of the molecule is CC(=O)OCC1=C(C(=O)[O-])N2C(=O)[C@H](NC(=O)[C@H](CCCNC(=O)OCc3ccc(Cl)cc3Cl)OC(=O)C(C)(C)C)[C@@H]2S(=O)(=O)C1.[Na+]. The molecular weight excluding hydrogens is 696 g/mol. The zero-order chi connectivity index (χ0) is 34.6. The number of fused-ring (bicyclic) bond motifs is 1. The second-order valence-corrected chi connectivity index (χ2v) is 14.4. The Bertz CT molecular complexity index is 1580. The average molecular weight is 729 g/mol. The Balaban J connectivity index is 0.00000768. The van der Waals surface area contributed by atoms with Gasteiger partial charge in [-0.3, -0.25) is 24.1 Å². The number of ether oxygens (including phenoxy) is 3. The zero-order valence-corrected chi connectivity index (χ0v) is 30.5. The third-order valence-corrected chi connectivity index (χ3v) is 9.30. The number of carboxylic acid groups (broad SMARTS) is 1. The molecule has 2 aliphatic heterocycles. The summed E-state index contributed by atoms with van der Waals surface area (Å²) < 4.78 is 41.3. The van der Waals surface area contributed by atoms with E-state index >= 15 is 0 Å². The number of carbonyl (C=O) groups excluding carboxylic acids is 6. The molecule has 1 fully saturated rings. The molecule has 0 aromatic heterocycles. The topological polar surface area (TPSA) is 215 Å². The van der Waals surface area contributed by atoms with Gasteiger partial charge >= 0.3 is 47.6 Å². The minimum Gasteiger partial charge on any atom is -0.543 e. The first-order valence-corrected chi connectivity index (χ1v) is 16.3. The van der Waals surface area contributed by atoms with Gasteiger partial charge in [-0.05, 0) is 45.7 Å². The van der Waals surface area contributed by atoms with Crippen LogP contribution in [0.5, 0.6) is 0 Å². The molecular formula is C28H32Cl2N3NaO12S. The Labute approximate surface area is 302 Å². The summed E-state index contributed by atoms with van der Waals surface area (Å²) in [6.07, 6.45) is -2.39. The number of aliphatic carboxylic acids is 1. The number of benzene rings is 1. The molecule has 3 atom stereocenters. The minimum absolute atomic E-state index is 0. The van der Waals surface area contributed by atoms with Crippen LogP contribution >= 0.6 is 23.2 Å². The number of alkyl carbamates (subject to hydrolysis) is 1. The fourth-order valence-electron chi connectivity index (χ4n) is 4.42. The number of sulfone groups is 1. The number of nitrogens with zero attached hydrogens (tertiary/aromatic N) is 1. The van der Waals surface area contributed by atoms with E-state index in [2.05, 4.69) is 10.6 Å². The van der Waals surface area contributed by atoms with Crippen LogP contribution in [0.3, 0.4) is 0 Å². The number of nitrogens with one attached hydrogen (secondary N) is 2. The molecule has 3 amide bonds. The van der Waals surface area contributed by atoms with Crippen LogP contribution in [-0.2, 0) is 54.6 Å². The van der Waals surface area contributed by atoms with Gasteiger partial charge in [-0.2, -0.15) is 0 Å². The zero-order valence-electron chi connectivity index (χ0n) is 26.2. The Kier molecular flexibility index (Phi) is 14.1. The van der Waals surface area contributed by atoms with Crippen LogP contribution in [-0.4, -0.2) is 85.6 Å². The van der Waals surface area contributed by atoms with E-state index in [1.807, 2.05) is 0 Å². The van der Waals surface area contributed by atoms with Gasteiger partial charge in [-0.15, -0.1) is 0 Å². The molecule has 1 aromatic carbocycles. The fourth-order valence-corrected chi connectivity index (χ4v) is 6.89. The number of carbonyl (C=O) groups is 6. The van der Waals surface area contributed by atoms with Crippen LogP contribution in [0, 0.1) is 5.41 Å². The van der Waals surface area contributed by atoms with Gasteiger partial charge in [0.1, 0.15) is 19.3 Å². The molecule has 0 saturated carbocycles. The summed E-state index contributed by atoms with van der Waals surface area (Å²) in [6, 6.07) is 2.96. The number of β-lactam (4-membered cyclic amide) rings is 1. The number of carboxylic acids is 1. The van der Waals surface area contributed by atoms with Crippen molar-refractivity contribution >= 4 is 68.9 Å². The van der Waals surface area contributed by atoms with Gasteiger partial charge in [-0.25, -0.2) is 13.2 Å². The van der Waals surface area contributed by atoms with Crippen molar-refractivity contribution < 1.29 is 86.1 Å². The van der Waals surface area contributed by atoms with Gasteiger partial charge in [0.2, 0.25) is 0 Å². The van der Waals surface area contributed by atoms with Crippen molar-refractivity contribution in [2.45, 2.75) is 64.7 Å². The van der Waals surface area contributed by atoms with Crippen molar-refractivity contribution in [3.8, 4) is 0 Å².